The molecule has 0 saturated carbocycles. The Morgan fingerprint density at radius 1 is 1.21 bits per heavy atom. The fourth-order valence-corrected chi connectivity index (χ4v) is 2.36. The smallest absolute Gasteiger partial charge is 0.322 e. The number of nitrogen functional groups attached to an aromatic ring is 1. The summed E-state index contributed by atoms with van der Waals surface area (Å²) in [6.07, 6.45) is 0. The van der Waals surface area contributed by atoms with Crippen LogP contribution in [0.15, 0.2) is 28.3 Å². The van der Waals surface area contributed by atoms with Gasteiger partial charge in [-0.3, -0.25) is 5.43 Å². The maximum absolute atomic E-state index is 5.32. The van der Waals surface area contributed by atoms with Gasteiger partial charge in [0.05, 0.1) is 7.11 Å². The quantitative estimate of drug-likeness (QED) is 0.652. The molecule has 100 valence electrons. The van der Waals surface area contributed by atoms with Crippen LogP contribution in [-0.4, -0.2) is 22.1 Å². The number of ether oxygens (including phenoxy) is 1. The molecule has 0 atom stereocenters. The lowest BCUT2D eigenvalue weighted by molar-refractivity contribution is 0.373. The third kappa shape index (κ3) is 3.33. The van der Waals surface area contributed by atoms with E-state index in [-0.39, 0.29) is 12.0 Å². The zero-order valence-corrected chi connectivity index (χ0v) is 11.8. The third-order valence-electron chi connectivity index (χ3n) is 2.44. The van der Waals surface area contributed by atoms with E-state index in [2.05, 4.69) is 46.4 Å². The molecule has 7 heteroatoms. The maximum atomic E-state index is 5.32. The number of hydrogen-bond acceptors (Lipinski definition) is 7. The second kappa shape index (κ2) is 5.85. The minimum absolute atomic E-state index is 0.232. The Morgan fingerprint density at radius 2 is 2.00 bits per heavy atom. The molecule has 0 radical (unpaired) electrons. The van der Waals surface area contributed by atoms with E-state index >= 15 is 0 Å². The van der Waals surface area contributed by atoms with Crippen molar-refractivity contribution in [1.82, 2.24) is 15.0 Å². The van der Waals surface area contributed by atoms with E-state index < -0.39 is 0 Å². The topological polar surface area (TPSA) is 86.0 Å². The predicted octanol–water partition coefficient (Wildman–Crippen LogP) is 1.93. The Kier molecular flexibility index (Phi) is 4.18. The lowest BCUT2D eigenvalue weighted by Crippen LogP contribution is -2.12. The van der Waals surface area contributed by atoms with E-state index in [0.717, 1.165) is 4.90 Å². The molecule has 2 rings (SSSR count). The van der Waals surface area contributed by atoms with Crippen LogP contribution in [-0.2, 0) is 0 Å². The number of methoxy groups -OCH3 is 1. The highest BCUT2D eigenvalue weighted by atomic mass is 32.2. The molecule has 1 aromatic heterocycles. The first-order chi connectivity index (χ1) is 9.12. The summed E-state index contributed by atoms with van der Waals surface area (Å²) in [5.74, 6) is 5.59. The van der Waals surface area contributed by atoms with Crippen molar-refractivity contribution in [3.63, 3.8) is 0 Å². The van der Waals surface area contributed by atoms with Crippen molar-refractivity contribution in [2.75, 3.05) is 12.5 Å². The SMILES string of the molecule is COc1nc(NN)nc(Sc2ccc(C)cc2C)n1. The van der Waals surface area contributed by atoms with E-state index in [1.54, 1.807) is 0 Å². The average Bonchev–Trinajstić information content (AvgIpc) is 2.41. The summed E-state index contributed by atoms with van der Waals surface area (Å²) in [6, 6.07) is 6.44. The monoisotopic (exact) mass is 277 g/mol. The second-order valence-electron chi connectivity index (χ2n) is 3.94. The molecule has 2 aromatic rings. The highest BCUT2D eigenvalue weighted by molar-refractivity contribution is 7.99. The Morgan fingerprint density at radius 3 is 2.63 bits per heavy atom. The molecule has 0 bridgehead atoms. The molecule has 1 aromatic carbocycles. The fourth-order valence-electron chi connectivity index (χ4n) is 1.55. The van der Waals surface area contributed by atoms with Crippen molar-refractivity contribution in [2.24, 2.45) is 5.84 Å². The average molecular weight is 277 g/mol. The van der Waals surface area contributed by atoms with Crippen molar-refractivity contribution in [3.8, 4) is 6.01 Å². The fraction of sp³-hybridized carbons (Fsp3) is 0.250. The second-order valence-corrected chi connectivity index (χ2v) is 4.95. The van der Waals surface area contributed by atoms with Crippen LogP contribution < -0.4 is 16.0 Å². The molecule has 6 nitrogen and oxygen atoms in total. The molecular formula is C12H15N5OS. The molecular weight excluding hydrogens is 262 g/mol. The van der Waals surface area contributed by atoms with Gasteiger partial charge < -0.3 is 4.74 Å². The molecule has 0 aliphatic carbocycles. The van der Waals surface area contributed by atoms with Gasteiger partial charge in [-0.1, -0.05) is 17.7 Å². The summed E-state index contributed by atoms with van der Waals surface area (Å²) in [5.41, 5.74) is 4.79. The minimum atomic E-state index is 0.232. The van der Waals surface area contributed by atoms with Gasteiger partial charge in [-0.05, 0) is 37.2 Å². The molecule has 19 heavy (non-hydrogen) atoms. The normalized spacial score (nSPS) is 10.3. The van der Waals surface area contributed by atoms with Crippen molar-refractivity contribution >= 4 is 17.7 Å². The van der Waals surface area contributed by atoms with Crippen LogP contribution in [0.2, 0.25) is 0 Å². The zero-order chi connectivity index (χ0) is 13.8. The first kappa shape index (κ1) is 13.6. The highest BCUT2D eigenvalue weighted by Gasteiger charge is 2.09. The number of anilines is 1. The first-order valence-corrected chi connectivity index (χ1v) is 6.46. The van der Waals surface area contributed by atoms with Gasteiger partial charge in [0.25, 0.3) is 0 Å². The van der Waals surface area contributed by atoms with E-state index in [1.165, 1.54) is 30.0 Å². The number of hydrazine groups is 1. The third-order valence-corrected chi connectivity index (χ3v) is 3.48. The molecule has 0 aliphatic rings. The molecule has 3 N–H and O–H groups in total. The van der Waals surface area contributed by atoms with Crippen LogP contribution in [0.5, 0.6) is 6.01 Å². The summed E-state index contributed by atoms with van der Waals surface area (Å²) >= 11 is 1.44. The molecule has 1 heterocycles. The molecule has 0 saturated heterocycles. The number of nitrogens with two attached hydrogens (primary N) is 1. The number of aryl methyl sites for hydroxylation is 2. The van der Waals surface area contributed by atoms with Crippen LogP contribution in [0.1, 0.15) is 11.1 Å². The van der Waals surface area contributed by atoms with Gasteiger partial charge in [-0.25, -0.2) is 5.84 Å². The largest absolute Gasteiger partial charge is 0.467 e. The number of rotatable bonds is 4. The minimum Gasteiger partial charge on any atom is -0.467 e. The Balaban J connectivity index is 2.31. The van der Waals surface area contributed by atoms with Crippen LogP contribution in [0.3, 0.4) is 0 Å². The van der Waals surface area contributed by atoms with Crippen LogP contribution in [0, 0.1) is 13.8 Å². The van der Waals surface area contributed by atoms with Crippen LogP contribution in [0.25, 0.3) is 0 Å². The molecule has 0 fully saturated rings. The van der Waals surface area contributed by atoms with E-state index in [1.807, 2.05) is 6.07 Å². The number of aromatic nitrogens is 3. The summed E-state index contributed by atoms with van der Waals surface area (Å²) in [6.45, 7) is 4.11. The van der Waals surface area contributed by atoms with Crippen LogP contribution >= 0.6 is 11.8 Å². The summed E-state index contributed by atoms with van der Waals surface area (Å²) < 4.78 is 5.01. The zero-order valence-electron chi connectivity index (χ0n) is 11.0. The van der Waals surface area contributed by atoms with Crippen molar-refractivity contribution < 1.29 is 4.74 Å². The Labute approximate surface area is 115 Å². The summed E-state index contributed by atoms with van der Waals surface area (Å²) in [4.78, 5) is 13.4. The van der Waals surface area contributed by atoms with Gasteiger partial charge in [-0.15, -0.1) is 0 Å². The van der Waals surface area contributed by atoms with Gasteiger partial charge in [0.15, 0.2) is 0 Å². The van der Waals surface area contributed by atoms with E-state index in [0.29, 0.717) is 5.16 Å². The first-order valence-electron chi connectivity index (χ1n) is 5.64. The van der Waals surface area contributed by atoms with Crippen molar-refractivity contribution in [3.05, 3.63) is 29.3 Å². The van der Waals surface area contributed by atoms with Crippen LogP contribution in [0.4, 0.5) is 5.95 Å². The molecule has 0 aliphatic heterocycles. The van der Waals surface area contributed by atoms with Gasteiger partial charge in [0, 0.05) is 4.90 Å². The number of benzene rings is 1. The van der Waals surface area contributed by atoms with E-state index in [9.17, 15) is 0 Å². The number of nitrogens with one attached hydrogen (secondary N) is 1. The summed E-state index contributed by atoms with van der Waals surface area (Å²) in [5, 5.41) is 0.534. The van der Waals surface area contributed by atoms with Gasteiger partial charge in [-0.2, -0.15) is 15.0 Å². The Bertz CT molecular complexity index is 568. The highest BCUT2D eigenvalue weighted by Crippen LogP contribution is 2.29. The molecule has 0 spiro atoms. The van der Waals surface area contributed by atoms with Crippen molar-refractivity contribution in [1.29, 1.82) is 0 Å². The van der Waals surface area contributed by atoms with Gasteiger partial charge in [0.1, 0.15) is 0 Å². The van der Waals surface area contributed by atoms with Gasteiger partial charge in [0.2, 0.25) is 11.1 Å². The Hall–Kier alpha value is -1.86. The summed E-state index contributed by atoms with van der Waals surface area (Å²) in [7, 11) is 1.50. The number of hydrogen-bond donors (Lipinski definition) is 2. The lowest BCUT2D eigenvalue weighted by Gasteiger charge is -2.07. The molecule has 0 amide bonds. The van der Waals surface area contributed by atoms with Gasteiger partial charge >= 0.3 is 6.01 Å². The number of nitrogens with zero attached hydrogens (tertiary/aromatic N) is 3. The maximum Gasteiger partial charge on any atom is 0.322 e. The van der Waals surface area contributed by atoms with Crippen molar-refractivity contribution in [2.45, 2.75) is 23.9 Å². The van der Waals surface area contributed by atoms with E-state index in [4.69, 9.17) is 10.6 Å². The standard InChI is InChI=1S/C12H15N5OS/c1-7-4-5-9(8(2)6-7)19-12-15-10(17-13)14-11(16-12)18-3/h4-6H,13H2,1-3H3,(H,14,15,16,17). The lowest BCUT2D eigenvalue weighted by atomic mass is 10.2. The predicted molar refractivity (Wildman–Crippen MR) is 74.2 cm³/mol. The molecule has 0 unspecified atom stereocenters.